The van der Waals surface area contributed by atoms with Crippen molar-refractivity contribution >= 4 is 0 Å². The van der Waals surface area contributed by atoms with Crippen LogP contribution in [0.25, 0.3) is 0 Å². The van der Waals surface area contributed by atoms with Crippen molar-refractivity contribution in [2.24, 2.45) is 0 Å². The Bertz CT molecular complexity index is 275. The standard InChI is InChI=1S/C10H18N4/c1-8-9(7-13-14-8)6-12-10-2-4-11-5-3-10/h7,10-12H,2-6H2,1H3,(H,13,14). The Hall–Kier alpha value is -0.870. The molecule has 2 heterocycles. The molecule has 1 aliphatic rings. The normalized spacial score (nSPS) is 18.6. The molecular weight excluding hydrogens is 176 g/mol. The van der Waals surface area contributed by atoms with Crippen molar-refractivity contribution in [3.8, 4) is 0 Å². The number of nitrogens with one attached hydrogen (secondary N) is 3. The van der Waals surface area contributed by atoms with Crippen LogP contribution in [0.3, 0.4) is 0 Å². The summed E-state index contributed by atoms with van der Waals surface area (Å²) in [6, 6.07) is 0.672. The number of rotatable bonds is 3. The van der Waals surface area contributed by atoms with Gasteiger partial charge < -0.3 is 10.6 Å². The topological polar surface area (TPSA) is 52.7 Å². The van der Waals surface area contributed by atoms with Crippen LogP contribution >= 0.6 is 0 Å². The van der Waals surface area contributed by atoms with Gasteiger partial charge in [-0.3, -0.25) is 5.10 Å². The maximum Gasteiger partial charge on any atom is 0.0535 e. The van der Waals surface area contributed by atoms with Gasteiger partial charge in [-0.2, -0.15) is 5.10 Å². The van der Waals surface area contributed by atoms with Crippen molar-refractivity contribution in [2.75, 3.05) is 13.1 Å². The van der Waals surface area contributed by atoms with Crippen LogP contribution in [0.1, 0.15) is 24.1 Å². The summed E-state index contributed by atoms with van der Waals surface area (Å²) in [7, 11) is 0. The van der Waals surface area contributed by atoms with E-state index in [-0.39, 0.29) is 0 Å². The third kappa shape index (κ3) is 2.33. The number of nitrogens with zero attached hydrogens (tertiary/aromatic N) is 1. The van der Waals surface area contributed by atoms with Crippen molar-refractivity contribution in [3.63, 3.8) is 0 Å². The van der Waals surface area contributed by atoms with Gasteiger partial charge in [0.05, 0.1) is 6.20 Å². The number of hydrogen-bond acceptors (Lipinski definition) is 3. The molecule has 0 aliphatic carbocycles. The third-order valence-electron chi connectivity index (χ3n) is 2.85. The number of aryl methyl sites for hydroxylation is 1. The second-order valence-electron chi connectivity index (χ2n) is 3.93. The maximum atomic E-state index is 4.01. The quantitative estimate of drug-likeness (QED) is 0.659. The van der Waals surface area contributed by atoms with Crippen molar-refractivity contribution in [1.82, 2.24) is 20.8 Å². The molecule has 0 bridgehead atoms. The Morgan fingerprint density at radius 1 is 1.50 bits per heavy atom. The average molecular weight is 194 g/mol. The van der Waals surface area contributed by atoms with E-state index in [0.717, 1.165) is 19.6 Å². The molecular formula is C10H18N4. The molecule has 1 fully saturated rings. The second kappa shape index (κ2) is 4.57. The van der Waals surface area contributed by atoms with E-state index < -0.39 is 0 Å². The van der Waals surface area contributed by atoms with Gasteiger partial charge in [0, 0.05) is 23.8 Å². The van der Waals surface area contributed by atoms with Gasteiger partial charge in [0.25, 0.3) is 0 Å². The predicted molar refractivity (Wildman–Crippen MR) is 56.1 cm³/mol. The zero-order valence-corrected chi connectivity index (χ0v) is 8.64. The number of H-pyrrole nitrogens is 1. The first-order valence-corrected chi connectivity index (χ1v) is 5.29. The van der Waals surface area contributed by atoms with Gasteiger partial charge in [-0.1, -0.05) is 0 Å². The minimum absolute atomic E-state index is 0.672. The fraction of sp³-hybridized carbons (Fsp3) is 0.700. The van der Waals surface area contributed by atoms with E-state index in [2.05, 4.69) is 27.8 Å². The fourth-order valence-electron chi connectivity index (χ4n) is 1.83. The van der Waals surface area contributed by atoms with Crippen molar-refractivity contribution < 1.29 is 0 Å². The summed E-state index contributed by atoms with van der Waals surface area (Å²) < 4.78 is 0. The zero-order valence-electron chi connectivity index (χ0n) is 8.64. The van der Waals surface area contributed by atoms with E-state index in [1.807, 2.05) is 6.20 Å². The highest BCUT2D eigenvalue weighted by atomic mass is 15.1. The molecule has 0 saturated carbocycles. The van der Waals surface area contributed by atoms with E-state index in [9.17, 15) is 0 Å². The number of aromatic nitrogens is 2. The lowest BCUT2D eigenvalue weighted by Crippen LogP contribution is -2.39. The highest BCUT2D eigenvalue weighted by Gasteiger charge is 2.12. The first kappa shape index (κ1) is 9.68. The predicted octanol–water partition coefficient (Wildman–Crippen LogP) is 0.560. The van der Waals surface area contributed by atoms with Crippen LogP contribution in [0.15, 0.2) is 6.20 Å². The molecule has 1 saturated heterocycles. The van der Waals surface area contributed by atoms with E-state index in [0.29, 0.717) is 6.04 Å². The van der Waals surface area contributed by atoms with Crippen molar-refractivity contribution in [2.45, 2.75) is 32.4 Å². The van der Waals surface area contributed by atoms with E-state index in [1.165, 1.54) is 24.1 Å². The van der Waals surface area contributed by atoms with E-state index in [1.54, 1.807) is 0 Å². The molecule has 1 aromatic heterocycles. The van der Waals surface area contributed by atoms with Gasteiger partial charge in [0.1, 0.15) is 0 Å². The third-order valence-corrected chi connectivity index (χ3v) is 2.85. The van der Waals surface area contributed by atoms with Crippen LogP contribution < -0.4 is 10.6 Å². The lowest BCUT2D eigenvalue weighted by molar-refractivity contribution is 0.386. The van der Waals surface area contributed by atoms with Gasteiger partial charge >= 0.3 is 0 Å². The molecule has 0 radical (unpaired) electrons. The van der Waals surface area contributed by atoms with Crippen LogP contribution in [0.4, 0.5) is 0 Å². The first-order valence-electron chi connectivity index (χ1n) is 5.29. The Morgan fingerprint density at radius 2 is 2.29 bits per heavy atom. The fourth-order valence-corrected chi connectivity index (χ4v) is 1.83. The number of aromatic amines is 1. The Morgan fingerprint density at radius 3 is 2.93 bits per heavy atom. The molecule has 78 valence electrons. The molecule has 0 atom stereocenters. The summed E-state index contributed by atoms with van der Waals surface area (Å²) in [5.41, 5.74) is 2.45. The number of piperidine rings is 1. The summed E-state index contributed by atoms with van der Waals surface area (Å²) in [6.07, 6.45) is 4.37. The molecule has 0 aromatic carbocycles. The van der Waals surface area contributed by atoms with Gasteiger partial charge in [0.15, 0.2) is 0 Å². The highest BCUT2D eigenvalue weighted by Crippen LogP contribution is 2.06. The minimum Gasteiger partial charge on any atom is -0.317 e. The molecule has 1 aromatic rings. The lowest BCUT2D eigenvalue weighted by Gasteiger charge is -2.23. The van der Waals surface area contributed by atoms with Crippen LogP contribution in [0, 0.1) is 6.92 Å². The van der Waals surface area contributed by atoms with E-state index in [4.69, 9.17) is 0 Å². The molecule has 4 nitrogen and oxygen atoms in total. The summed E-state index contributed by atoms with van der Waals surface area (Å²) in [5.74, 6) is 0. The zero-order chi connectivity index (χ0) is 9.80. The second-order valence-corrected chi connectivity index (χ2v) is 3.93. The van der Waals surface area contributed by atoms with Crippen LogP contribution in [-0.4, -0.2) is 29.3 Å². The Balaban J connectivity index is 1.79. The smallest absolute Gasteiger partial charge is 0.0535 e. The molecule has 2 rings (SSSR count). The van der Waals surface area contributed by atoms with Crippen molar-refractivity contribution in [1.29, 1.82) is 0 Å². The Labute approximate surface area is 84.5 Å². The van der Waals surface area contributed by atoms with E-state index >= 15 is 0 Å². The summed E-state index contributed by atoms with van der Waals surface area (Å²) in [6.45, 7) is 5.28. The SMILES string of the molecule is Cc1[nH]ncc1CNC1CCNCC1. The largest absolute Gasteiger partial charge is 0.317 e. The molecule has 0 spiro atoms. The summed E-state index contributed by atoms with van der Waals surface area (Å²) in [5, 5.41) is 13.9. The van der Waals surface area contributed by atoms with Crippen LogP contribution in [0.2, 0.25) is 0 Å². The molecule has 14 heavy (non-hydrogen) atoms. The maximum absolute atomic E-state index is 4.01. The van der Waals surface area contributed by atoms with Gasteiger partial charge in [0.2, 0.25) is 0 Å². The van der Waals surface area contributed by atoms with Crippen LogP contribution in [-0.2, 0) is 6.54 Å². The first-order chi connectivity index (χ1) is 6.86. The van der Waals surface area contributed by atoms with Crippen LogP contribution in [0.5, 0.6) is 0 Å². The molecule has 3 N–H and O–H groups in total. The van der Waals surface area contributed by atoms with Gasteiger partial charge in [-0.05, 0) is 32.9 Å². The lowest BCUT2D eigenvalue weighted by atomic mass is 10.1. The number of hydrogen-bond donors (Lipinski definition) is 3. The summed E-state index contributed by atoms with van der Waals surface area (Å²) >= 11 is 0. The molecule has 4 heteroatoms. The Kier molecular flexibility index (Phi) is 3.16. The minimum atomic E-state index is 0.672. The summed E-state index contributed by atoms with van der Waals surface area (Å²) in [4.78, 5) is 0. The molecule has 0 unspecified atom stereocenters. The monoisotopic (exact) mass is 194 g/mol. The molecule has 0 amide bonds. The van der Waals surface area contributed by atoms with Gasteiger partial charge in [-0.15, -0.1) is 0 Å². The van der Waals surface area contributed by atoms with Gasteiger partial charge in [-0.25, -0.2) is 0 Å². The molecule has 1 aliphatic heterocycles. The highest BCUT2D eigenvalue weighted by molar-refractivity contribution is 5.13. The average Bonchev–Trinajstić information content (AvgIpc) is 2.63. The van der Waals surface area contributed by atoms with Crippen molar-refractivity contribution in [3.05, 3.63) is 17.5 Å².